The molecule has 0 bridgehead atoms. The number of amides is 1. The summed E-state index contributed by atoms with van der Waals surface area (Å²) in [5.74, 6) is -0.0423. The largest absolute Gasteiger partial charge is 0.372 e. The van der Waals surface area contributed by atoms with Crippen molar-refractivity contribution in [3.63, 3.8) is 0 Å². The van der Waals surface area contributed by atoms with Gasteiger partial charge in [0.1, 0.15) is 0 Å². The number of ether oxygens (including phenoxy) is 1. The fourth-order valence-electron chi connectivity index (χ4n) is 3.80. The lowest BCUT2D eigenvalue weighted by Gasteiger charge is -2.35. The van der Waals surface area contributed by atoms with Gasteiger partial charge in [0.2, 0.25) is 0 Å². The standard InChI is InChI=1S/C22H23N3O4/c1-14-11-24(12-15(2)29-14)20(26)17-9-7-16(8-10-17)13-25-21(27)18-5-3-4-6-19(18)23-22(25)28/h3-10,14-15H,11-13H2,1-2H3,(H,23,28). The maximum atomic E-state index is 12.8. The topological polar surface area (TPSA) is 84.4 Å². The minimum Gasteiger partial charge on any atom is -0.372 e. The number of rotatable bonds is 3. The summed E-state index contributed by atoms with van der Waals surface area (Å²) in [4.78, 5) is 42.3. The first-order chi connectivity index (χ1) is 13.9. The van der Waals surface area contributed by atoms with E-state index in [1.165, 1.54) is 4.57 Å². The minimum atomic E-state index is -0.454. The molecule has 2 heterocycles. The van der Waals surface area contributed by atoms with E-state index < -0.39 is 5.69 Å². The van der Waals surface area contributed by atoms with Crippen LogP contribution in [0.5, 0.6) is 0 Å². The summed E-state index contributed by atoms with van der Waals surface area (Å²) in [6.45, 7) is 5.17. The van der Waals surface area contributed by atoms with Crippen LogP contribution in [0, 0.1) is 0 Å². The molecular weight excluding hydrogens is 370 g/mol. The number of carbonyl (C=O) groups is 1. The van der Waals surface area contributed by atoms with Crippen molar-refractivity contribution in [2.24, 2.45) is 0 Å². The van der Waals surface area contributed by atoms with Gasteiger partial charge in [-0.3, -0.25) is 14.2 Å². The van der Waals surface area contributed by atoms with E-state index in [0.29, 0.717) is 29.6 Å². The molecule has 1 N–H and O–H groups in total. The lowest BCUT2D eigenvalue weighted by atomic mass is 10.1. The molecule has 1 aliphatic heterocycles. The number of morpholine rings is 1. The van der Waals surface area contributed by atoms with Crippen LogP contribution in [0.25, 0.3) is 10.9 Å². The number of nitrogens with zero attached hydrogens (tertiary/aromatic N) is 2. The molecule has 4 rings (SSSR count). The van der Waals surface area contributed by atoms with E-state index in [1.54, 1.807) is 53.4 Å². The summed E-state index contributed by atoms with van der Waals surface area (Å²) in [5.41, 5.74) is 1.09. The Morgan fingerprint density at radius 2 is 1.69 bits per heavy atom. The number of benzene rings is 2. The summed E-state index contributed by atoms with van der Waals surface area (Å²) in [5, 5.41) is 0.467. The van der Waals surface area contributed by atoms with Crippen LogP contribution in [0.3, 0.4) is 0 Å². The summed E-state index contributed by atoms with van der Waals surface area (Å²) in [6.07, 6.45) is 0.0157. The molecule has 0 aliphatic carbocycles. The fourth-order valence-corrected chi connectivity index (χ4v) is 3.80. The third-order valence-electron chi connectivity index (χ3n) is 5.14. The van der Waals surface area contributed by atoms with Crippen LogP contribution in [-0.2, 0) is 11.3 Å². The second kappa shape index (κ2) is 7.67. The molecule has 1 saturated heterocycles. The Kier molecular flexibility index (Phi) is 5.07. The highest BCUT2D eigenvalue weighted by atomic mass is 16.5. The lowest BCUT2D eigenvalue weighted by molar-refractivity contribution is -0.0586. The van der Waals surface area contributed by atoms with Crippen molar-refractivity contribution in [2.45, 2.75) is 32.6 Å². The summed E-state index contributed by atoms with van der Waals surface area (Å²) in [7, 11) is 0. The lowest BCUT2D eigenvalue weighted by Crippen LogP contribution is -2.48. The maximum Gasteiger partial charge on any atom is 0.329 e. The van der Waals surface area contributed by atoms with Gasteiger partial charge in [0.25, 0.3) is 11.5 Å². The molecule has 2 aromatic carbocycles. The number of H-pyrrole nitrogens is 1. The average Bonchev–Trinajstić information content (AvgIpc) is 2.70. The zero-order valence-electron chi connectivity index (χ0n) is 16.4. The van der Waals surface area contributed by atoms with E-state index in [-0.39, 0.29) is 30.2 Å². The van der Waals surface area contributed by atoms with Crippen molar-refractivity contribution in [1.82, 2.24) is 14.5 Å². The molecule has 1 aromatic heterocycles. The second-order valence-corrected chi connectivity index (χ2v) is 7.53. The zero-order chi connectivity index (χ0) is 20.5. The van der Waals surface area contributed by atoms with Gasteiger partial charge in [-0.1, -0.05) is 24.3 Å². The van der Waals surface area contributed by atoms with Crippen LogP contribution in [0.15, 0.2) is 58.1 Å². The van der Waals surface area contributed by atoms with Gasteiger partial charge in [0, 0.05) is 18.7 Å². The predicted molar refractivity (Wildman–Crippen MR) is 110 cm³/mol. The molecule has 3 aromatic rings. The van der Waals surface area contributed by atoms with Crippen LogP contribution < -0.4 is 11.2 Å². The zero-order valence-corrected chi connectivity index (χ0v) is 16.4. The normalized spacial score (nSPS) is 19.4. The van der Waals surface area contributed by atoms with Crippen molar-refractivity contribution in [3.05, 3.63) is 80.5 Å². The smallest absolute Gasteiger partial charge is 0.329 e. The second-order valence-electron chi connectivity index (χ2n) is 7.53. The van der Waals surface area contributed by atoms with E-state index >= 15 is 0 Å². The number of para-hydroxylation sites is 1. The molecular formula is C22H23N3O4. The number of nitrogens with one attached hydrogen (secondary N) is 1. The molecule has 7 heteroatoms. The number of carbonyl (C=O) groups excluding carboxylic acids is 1. The third-order valence-corrected chi connectivity index (χ3v) is 5.14. The van der Waals surface area contributed by atoms with Gasteiger partial charge in [0.05, 0.1) is 29.7 Å². The van der Waals surface area contributed by atoms with E-state index in [4.69, 9.17) is 4.74 Å². The Bertz CT molecular complexity index is 1150. The first kappa shape index (κ1) is 19.1. The van der Waals surface area contributed by atoms with Gasteiger partial charge in [-0.05, 0) is 43.7 Å². The van der Waals surface area contributed by atoms with Crippen molar-refractivity contribution < 1.29 is 9.53 Å². The average molecular weight is 393 g/mol. The van der Waals surface area contributed by atoms with Crippen LogP contribution in [0.4, 0.5) is 0 Å². The van der Waals surface area contributed by atoms with Crippen molar-refractivity contribution >= 4 is 16.8 Å². The number of hydrogen-bond acceptors (Lipinski definition) is 4. The van der Waals surface area contributed by atoms with Gasteiger partial charge >= 0.3 is 5.69 Å². The van der Waals surface area contributed by atoms with Crippen molar-refractivity contribution in [2.75, 3.05) is 13.1 Å². The van der Waals surface area contributed by atoms with Crippen molar-refractivity contribution in [3.8, 4) is 0 Å². The highest BCUT2D eigenvalue weighted by molar-refractivity contribution is 5.94. The van der Waals surface area contributed by atoms with Gasteiger partial charge < -0.3 is 14.6 Å². The SMILES string of the molecule is CC1CN(C(=O)c2ccc(Cn3c(=O)[nH]c4ccccc4c3=O)cc2)CC(C)O1. The number of fused-ring (bicyclic) bond motifs is 1. The molecule has 29 heavy (non-hydrogen) atoms. The van der Waals surface area contributed by atoms with E-state index in [1.807, 2.05) is 13.8 Å². The summed E-state index contributed by atoms with van der Waals surface area (Å²) < 4.78 is 6.85. The summed E-state index contributed by atoms with van der Waals surface area (Å²) in [6, 6.07) is 14.0. The molecule has 0 saturated carbocycles. The number of aromatic nitrogens is 2. The van der Waals surface area contributed by atoms with Crippen LogP contribution in [0.2, 0.25) is 0 Å². The molecule has 7 nitrogen and oxygen atoms in total. The quantitative estimate of drug-likeness (QED) is 0.738. The Balaban J connectivity index is 1.56. The molecule has 2 unspecified atom stereocenters. The van der Waals surface area contributed by atoms with E-state index in [9.17, 15) is 14.4 Å². The summed E-state index contributed by atoms with van der Waals surface area (Å²) >= 11 is 0. The van der Waals surface area contributed by atoms with E-state index in [2.05, 4.69) is 4.98 Å². The first-order valence-corrected chi connectivity index (χ1v) is 9.68. The van der Waals surface area contributed by atoms with Crippen LogP contribution >= 0.6 is 0 Å². The molecule has 1 fully saturated rings. The molecule has 150 valence electrons. The highest BCUT2D eigenvalue weighted by Crippen LogP contribution is 2.15. The van der Waals surface area contributed by atoms with Gasteiger partial charge in [-0.15, -0.1) is 0 Å². The van der Waals surface area contributed by atoms with Gasteiger partial charge in [0.15, 0.2) is 0 Å². The number of aromatic amines is 1. The number of hydrogen-bond donors (Lipinski definition) is 1. The minimum absolute atomic E-state index is 0.00785. The molecule has 0 spiro atoms. The van der Waals surface area contributed by atoms with Crippen molar-refractivity contribution in [1.29, 1.82) is 0 Å². The van der Waals surface area contributed by atoms with Gasteiger partial charge in [-0.25, -0.2) is 4.79 Å². The third kappa shape index (κ3) is 3.86. The van der Waals surface area contributed by atoms with Gasteiger partial charge in [-0.2, -0.15) is 0 Å². The first-order valence-electron chi connectivity index (χ1n) is 9.68. The Morgan fingerprint density at radius 3 is 2.38 bits per heavy atom. The molecule has 0 radical (unpaired) electrons. The Hall–Kier alpha value is -3.19. The molecule has 2 atom stereocenters. The Morgan fingerprint density at radius 1 is 1.03 bits per heavy atom. The van der Waals surface area contributed by atoms with E-state index in [0.717, 1.165) is 5.56 Å². The fraction of sp³-hybridized carbons (Fsp3) is 0.318. The highest BCUT2D eigenvalue weighted by Gasteiger charge is 2.26. The van der Waals surface area contributed by atoms with Crippen LogP contribution in [-0.4, -0.2) is 45.7 Å². The Labute approximate surface area is 167 Å². The predicted octanol–water partition coefficient (Wildman–Crippen LogP) is 1.99. The molecule has 1 aliphatic rings. The monoisotopic (exact) mass is 393 g/mol. The maximum absolute atomic E-state index is 12.8. The molecule has 1 amide bonds. The van der Waals surface area contributed by atoms with Crippen LogP contribution in [0.1, 0.15) is 29.8 Å².